The summed E-state index contributed by atoms with van der Waals surface area (Å²) in [6.45, 7) is 6.24. The van der Waals surface area contributed by atoms with Crippen molar-refractivity contribution in [3.63, 3.8) is 0 Å². The van der Waals surface area contributed by atoms with Crippen molar-refractivity contribution in [1.82, 2.24) is 19.7 Å². The van der Waals surface area contributed by atoms with Crippen LogP contribution in [0.1, 0.15) is 38.8 Å². The number of rotatable bonds is 3. The topological polar surface area (TPSA) is 103 Å². The van der Waals surface area contributed by atoms with Crippen molar-refractivity contribution in [2.45, 2.75) is 39.7 Å². The minimum atomic E-state index is 0.123. The number of hydrogen-bond donors (Lipinski definition) is 2. The Bertz CT molecular complexity index is 1010. The van der Waals surface area contributed by atoms with E-state index in [1.165, 1.54) is 6.33 Å². The van der Waals surface area contributed by atoms with Crippen molar-refractivity contribution in [2.75, 3.05) is 5.73 Å². The first-order valence-electron chi connectivity index (χ1n) is 8.87. The first-order chi connectivity index (χ1) is 12.5. The van der Waals surface area contributed by atoms with Gasteiger partial charge in [-0.1, -0.05) is 6.92 Å². The molecular formula is C19H22N6O. The Hall–Kier alpha value is -2.96. The molecule has 1 aliphatic rings. The molecule has 3 heterocycles. The molecule has 0 aliphatic carbocycles. The summed E-state index contributed by atoms with van der Waals surface area (Å²) in [5.74, 6) is 1.66. The zero-order valence-corrected chi connectivity index (χ0v) is 15.2. The van der Waals surface area contributed by atoms with Crippen LogP contribution in [0.2, 0.25) is 0 Å². The van der Waals surface area contributed by atoms with E-state index in [4.69, 9.17) is 15.9 Å². The fourth-order valence-electron chi connectivity index (χ4n) is 3.48. The van der Waals surface area contributed by atoms with E-state index < -0.39 is 0 Å². The number of ether oxygens (including phenoxy) is 1. The molecule has 1 unspecified atom stereocenters. The van der Waals surface area contributed by atoms with Crippen LogP contribution in [0.15, 0.2) is 24.5 Å². The maximum Gasteiger partial charge on any atom is 0.190 e. The fourth-order valence-corrected chi connectivity index (χ4v) is 3.48. The first-order valence-corrected chi connectivity index (χ1v) is 8.87. The Labute approximate surface area is 151 Å². The van der Waals surface area contributed by atoms with Gasteiger partial charge in [0, 0.05) is 17.5 Å². The predicted octanol–water partition coefficient (Wildman–Crippen LogP) is 3.59. The van der Waals surface area contributed by atoms with Crippen LogP contribution in [0.3, 0.4) is 0 Å². The van der Waals surface area contributed by atoms with E-state index >= 15 is 0 Å². The molecule has 0 saturated heterocycles. The lowest BCUT2D eigenvalue weighted by atomic mass is 9.92. The SMILES string of the molecule is CCC1Cc2cc(-c3c4c(N)ncnc4nn3C(C)C)ccc2OC1=N. The van der Waals surface area contributed by atoms with Gasteiger partial charge in [-0.15, -0.1) is 0 Å². The molecule has 0 saturated carbocycles. The molecule has 3 aromatic rings. The number of fused-ring (bicyclic) bond motifs is 2. The van der Waals surface area contributed by atoms with E-state index in [0.29, 0.717) is 17.4 Å². The highest BCUT2D eigenvalue weighted by Crippen LogP contribution is 2.37. The van der Waals surface area contributed by atoms with Crippen molar-refractivity contribution in [3.05, 3.63) is 30.1 Å². The molecule has 3 N–H and O–H groups in total. The van der Waals surface area contributed by atoms with Crippen LogP contribution in [0, 0.1) is 11.3 Å². The van der Waals surface area contributed by atoms with Crippen LogP contribution in [-0.4, -0.2) is 25.6 Å². The number of anilines is 1. The maximum absolute atomic E-state index is 8.03. The smallest absolute Gasteiger partial charge is 0.190 e. The Morgan fingerprint density at radius 3 is 2.88 bits per heavy atom. The van der Waals surface area contributed by atoms with E-state index in [1.807, 2.05) is 16.8 Å². The molecule has 0 bridgehead atoms. The number of benzene rings is 1. The molecule has 7 nitrogen and oxygen atoms in total. The number of nitrogens with one attached hydrogen (secondary N) is 1. The highest BCUT2D eigenvalue weighted by molar-refractivity contribution is 5.98. The van der Waals surface area contributed by atoms with Gasteiger partial charge in [-0.2, -0.15) is 5.10 Å². The van der Waals surface area contributed by atoms with E-state index in [2.05, 4.69) is 41.9 Å². The summed E-state index contributed by atoms with van der Waals surface area (Å²) < 4.78 is 7.65. The van der Waals surface area contributed by atoms with E-state index in [1.54, 1.807) is 0 Å². The van der Waals surface area contributed by atoms with Gasteiger partial charge in [0.15, 0.2) is 11.5 Å². The van der Waals surface area contributed by atoms with Gasteiger partial charge in [0.1, 0.15) is 17.9 Å². The van der Waals surface area contributed by atoms with Crippen molar-refractivity contribution in [2.24, 2.45) is 5.92 Å². The largest absolute Gasteiger partial charge is 0.443 e. The van der Waals surface area contributed by atoms with Gasteiger partial charge in [0.25, 0.3) is 0 Å². The van der Waals surface area contributed by atoms with Crippen LogP contribution < -0.4 is 10.5 Å². The average molecular weight is 350 g/mol. The summed E-state index contributed by atoms with van der Waals surface area (Å²) >= 11 is 0. The molecule has 4 rings (SSSR count). The second-order valence-electron chi connectivity index (χ2n) is 6.94. The van der Waals surface area contributed by atoms with Gasteiger partial charge in [0.2, 0.25) is 0 Å². The molecular weight excluding hydrogens is 328 g/mol. The summed E-state index contributed by atoms with van der Waals surface area (Å²) in [6, 6.07) is 6.18. The highest BCUT2D eigenvalue weighted by atomic mass is 16.5. The van der Waals surface area contributed by atoms with Crippen LogP contribution in [0.25, 0.3) is 22.3 Å². The van der Waals surface area contributed by atoms with E-state index in [9.17, 15) is 0 Å². The van der Waals surface area contributed by atoms with Crippen LogP contribution >= 0.6 is 0 Å². The third kappa shape index (κ3) is 2.51. The molecule has 1 atom stereocenters. The number of nitrogens with two attached hydrogens (primary N) is 1. The quantitative estimate of drug-likeness (QED) is 0.751. The summed E-state index contributed by atoms with van der Waals surface area (Å²) in [7, 11) is 0. The lowest BCUT2D eigenvalue weighted by molar-refractivity contribution is 0.433. The zero-order valence-electron chi connectivity index (χ0n) is 15.2. The third-order valence-electron chi connectivity index (χ3n) is 4.90. The molecule has 1 aromatic carbocycles. The lowest BCUT2D eigenvalue weighted by Gasteiger charge is -2.25. The first kappa shape index (κ1) is 16.5. The lowest BCUT2D eigenvalue weighted by Crippen LogP contribution is -2.26. The van der Waals surface area contributed by atoms with Crippen LogP contribution in [0.5, 0.6) is 5.75 Å². The summed E-state index contributed by atoms with van der Waals surface area (Å²) in [5, 5.41) is 13.4. The Morgan fingerprint density at radius 1 is 1.35 bits per heavy atom. The van der Waals surface area contributed by atoms with E-state index in [0.717, 1.165) is 40.8 Å². The van der Waals surface area contributed by atoms with Crippen molar-refractivity contribution >= 4 is 22.7 Å². The van der Waals surface area contributed by atoms with Gasteiger partial charge in [0.05, 0.1) is 11.1 Å². The Morgan fingerprint density at radius 2 is 2.15 bits per heavy atom. The summed E-state index contributed by atoms with van der Waals surface area (Å²) in [6.07, 6.45) is 3.13. The van der Waals surface area contributed by atoms with E-state index in [-0.39, 0.29) is 12.0 Å². The van der Waals surface area contributed by atoms with Gasteiger partial charge in [-0.25, -0.2) is 9.97 Å². The predicted molar refractivity (Wildman–Crippen MR) is 101 cm³/mol. The number of nitrogen functional groups attached to an aromatic ring is 1. The second kappa shape index (κ2) is 6.09. The minimum Gasteiger partial charge on any atom is -0.443 e. The monoisotopic (exact) mass is 350 g/mol. The maximum atomic E-state index is 8.03. The second-order valence-corrected chi connectivity index (χ2v) is 6.94. The number of hydrogen-bond acceptors (Lipinski definition) is 6. The summed E-state index contributed by atoms with van der Waals surface area (Å²) in [5.41, 5.74) is 9.78. The zero-order chi connectivity index (χ0) is 18.4. The van der Waals surface area contributed by atoms with Gasteiger partial charge < -0.3 is 10.5 Å². The Kier molecular flexibility index (Phi) is 3.86. The molecule has 0 fully saturated rings. The van der Waals surface area contributed by atoms with Crippen LogP contribution in [0.4, 0.5) is 5.82 Å². The highest BCUT2D eigenvalue weighted by Gasteiger charge is 2.26. The minimum absolute atomic E-state index is 0.123. The van der Waals surface area contributed by atoms with Crippen LogP contribution in [-0.2, 0) is 6.42 Å². The standard InChI is InChI=1S/C19H22N6O/c1-4-11-7-13-8-12(5-6-14(13)26-18(11)21)16-15-17(20)22-9-23-19(15)24-25(16)10(2)3/h5-6,8-11,21H,4,7H2,1-3H3,(H2,20,22,23,24). The van der Waals surface area contributed by atoms with Gasteiger partial charge >= 0.3 is 0 Å². The number of nitrogens with zero attached hydrogens (tertiary/aromatic N) is 4. The molecule has 7 heteroatoms. The molecule has 0 spiro atoms. The van der Waals surface area contributed by atoms with Gasteiger partial charge in [-0.3, -0.25) is 10.1 Å². The fraction of sp³-hybridized carbons (Fsp3) is 0.368. The third-order valence-corrected chi connectivity index (χ3v) is 4.90. The summed E-state index contributed by atoms with van der Waals surface area (Å²) in [4.78, 5) is 8.43. The molecule has 134 valence electrons. The Balaban J connectivity index is 1.91. The molecule has 2 aromatic heterocycles. The average Bonchev–Trinajstić information content (AvgIpc) is 3.02. The van der Waals surface area contributed by atoms with Gasteiger partial charge in [-0.05, 0) is 50.5 Å². The molecule has 26 heavy (non-hydrogen) atoms. The normalized spacial score (nSPS) is 16.8. The van der Waals surface area contributed by atoms with Crippen molar-refractivity contribution < 1.29 is 4.74 Å². The molecule has 1 aliphatic heterocycles. The molecule has 0 amide bonds. The molecule has 0 radical (unpaired) electrons. The van der Waals surface area contributed by atoms with Crippen molar-refractivity contribution in [3.8, 4) is 17.0 Å². The van der Waals surface area contributed by atoms with Crippen molar-refractivity contribution in [1.29, 1.82) is 5.41 Å². The number of aromatic nitrogens is 4.